The van der Waals surface area contributed by atoms with E-state index in [2.05, 4.69) is 38.8 Å². The third-order valence-corrected chi connectivity index (χ3v) is 6.96. The molecule has 100 valence electrons. The van der Waals surface area contributed by atoms with Crippen LogP contribution in [0.4, 0.5) is 0 Å². The Kier molecular flexibility index (Phi) is 7.32. The molecule has 0 amide bonds. The molecule has 1 aliphatic rings. The minimum absolute atomic E-state index is 0.268. The van der Waals surface area contributed by atoms with Crippen LogP contribution < -0.4 is 0 Å². The Morgan fingerprint density at radius 3 is 2.59 bits per heavy atom. The summed E-state index contributed by atoms with van der Waals surface area (Å²) < 4.78 is -0.268. The van der Waals surface area contributed by atoms with Gasteiger partial charge in [0, 0.05) is 11.2 Å². The van der Waals surface area contributed by atoms with Crippen LogP contribution in [0.1, 0.15) is 71.1 Å². The van der Waals surface area contributed by atoms with Gasteiger partial charge in [0.05, 0.1) is 4.32 Å². The molecule has 0 bridgehead atoms. The SMILES string of the molecule is CCCCCCCC(=O)C1(Br)CCCCC1Br. The molecule has 1 aliphatic carbocycles. The van der Waals surface area contributed by atoms with Crippen molar-refractivity contribution in [1.29, 1.82) is 0 Å². The molecule has 3 heteroatoms. The monoisotopic (exact) mass is 366 g/mol. The average Bonchev–Trinajstić information content (AvgIpc) is 2.32. The van der Waals surface area contributed by atoms with E-state index in [-0.39, 0.29) is 4.32 Å². The molecule has 0 heterocycles. The number of halogens is 2. The summed E-state index contributed by atoms with van der Waals surface area (Å²) in [6.45, 7) is 2.22. The van der Waals surface area contributed by atoms with E-state index < -0.39 is 0 Å². The third kappa shape index (κ3) is 4.66. The molecule has 0 radical (unpaired) electrons. The zero-order chi connectivity index (χ0) is 12.7. The molecule has 1 nitrogen and oxygen atoms in total. The van der Waals surface area contributed by atoms with Gasteiger partial charge in [-0.3, -0.25) is 4.79 Å². The topological polar surface area (TPSA) is 17.1 Å². The fraction of sp³-hybridized carbons (Fsp3) is 0.929. The van der Waals surface area contributed by atoms with Crippen LogP contribution in [0, 0.1) is 0 Å². The van der Waals surface area contributed by atoms with E-state index in [0.29, 0.717) is 10.6 Å². The molecular formula is C14H24Br2O. The molecule has 17 heavy (non-hydrogen) atoms. The van der Waals surface area contributed by atoms with E-state index in [1.807, 2.05) is 0 Å². The molecule has 0 N–H and O–H groups in total. The number of Topliss-reactive ketones (excluding diaryl/α,β-unsaturated/α-hetero) is 1. The predicted molar refractivity (Wildman–Crippen MR) is 81.2 cm³/mol. The molecule has 0 spiro atoms. The lowest BCUT2D eigenvalue weighted by molar-refractivity contribution is -0.121. The van der Waals surface area contributed by atoms with E-state index in [1.165, 1.54) is 38.5 Å². The van der Waals surface area contributed by atoms with Crippen LogP contribution in [0.5, 0.6) is 0 Å². The second kappa shape index (κ2) is 7.93. The smallest absolute Gasteiger partial charge is 0.150 e. The van der Waals surface area contributed by atoms with Gasteiger partial charge in [-0.15, -0.1) is 0 Å². The summed E-state index contributed by atoms with van der Waals surface area (Å²) in [4.78, 5) is 12.6. The maximum atomic E-state index is 12.3. The zero-order valence-corrected chi connectivity index (χ0v) is 14.0. The van der Waals surface area contributed by atoms with Gasteiger partial charge in [-0.25, -0.2) is 0 Å². The van der Waals surface area contributed by atoms with Gasteiger partial charge in [0.2, 0.25) is 0 Å². The summed E-state index contributed by atoms with van der Waals surface area (Å²) >= 11 is 7.39. The Labute approximate surface area is 122 Å². The molecule has 0 aromatic rings. The van der Waals surface area contributed by atoms with Crippen LogP contribution in [0.2, 0.25) is 0 Å². The Hall–Kier alpha value is 0.630. The van der Waals surface area contributed by atoms with Crippen molar-refractivity contribution in [3.8, 4) is 0 Å². The highest BCUT2D eigenvalue weighted by molar-refractivity contribution is 9.12. The highest BCUT2D eigenvalue weighted by Gasteiger charge is 2.42. The number of hydrogen-bond donors (Lipinski definition) is 0. The number of ketones is 1. The molecule has 0 aliphatic heterocycles. The van der Waals surface area contributed by atoms with Crippen molar-refractivity contribution in [3.05, 3.63) is 0 Å². The van der Waals surface area contributed by atoms with Gasteiger partial charge >= 0.3 is 0 Å². The van der Waals surface area contributed by atoms with Gasteiger partial charge in [0.15, 0.2) is 5.78 Å². The Morgan fingerprint density at radius 1 is 1.24 bits per heavy atom. The van der Waals surface area contributed by atoms with Crippen LogP contribution in [0.25, 0.3) is 0 Å². The van der Waals surface area contributed by atoms with Gasteiger partial charge in [-0.05, 0) is 19.3 Å². The number of carbonyl (C=O) groups is 1. The molecule has 0 saturated heterocycles. The first-order valence-corrected chi connectivity index (χ1v) is 8.68. The fourth-order valence-corrected chi connectivity index (χ4v) is 4.02. The summed E-state index contributed by atoms with van der Waals surface area (Å²) in [6, 6.07) is 0. The van der Waals surface area contributed by atoms with Crippen LogP contribution in [-0.2, 0) is 4.79 Å². The van der Waals surface area contributed by atoms with E-state index in [9.17, 15) is 4.79 Å². The van der Waals surface area contributed by atoms with E-state index >= 15 is 0 Å². The van der Waals surface area contributed by atoms with Gasteiger partial charge < -0.3 is 0 Å². The lowest BCUT2D eigenvalue weighted by Gasteiger charge is -2.35. The van der Waals surface area contributed by atoms with Gasteiger partial charge in [0.1, 0.15) is 0 Å². The molecule has 2 atom stereocenters. The van der Waals surface area contributed by atoms with Crippen molar-refractivity contribution in [2.24, 2.45) is 0 Å². The van der Waals surface area contributed by atoms with Gasteiger partial charge in [-0.2, -0.15) is 0 Å². The number of carbonyl (C=O) groups excluding carboxylic acids is 1. The van der Waals surface area contributed by atoms with Crippen molar-refractivity contribution in [2.45, 2.75) is 80.3 Å². The Morgan fingerprint density at radius 2 is 1.94 bits per heavy atom. The normalized spacial score (nSPS) is 29.2. The van der Waals surface area contributed by atoms with Crippen LogP contribution in [-0.4, -0.2) is 14.9 Å². The fourth-order valence-electron chi connectivity index (χ4n) is 2.50. The quantitative estimate of drug-likeness (QED) is 0.435. The van der Waals surface area contributed by atoms with Crippen molar-refractivity contribution in [1.82, 2.24) is 0 Å². The molecule has 2 unspecified atom stereocenters. The number of hydrogen-bond acceptors (Lipinski definition) is 1. The third-order valence-electron chi connectivity index (χ3n) is 3.72. The lowest BCUT2D eigenvalue weighted by atomic mass is 9.84. The second-order valence-electron chi connectivity index (χ2n) is 5.16. The number of alkyl halides is 2. The van der Waals surface area contributed by atoms with E-state index in [0.717, 1.165) is 25.7 Å². The van der Waals surface area contributed by atoms with Crippen molar-refractivity contribution < 1.29 is 4.79 Å². The Balaban J connectivity index is 2.30. The lowest BCUT2D eigenvalue weighted by Crippen LogP contribution is -2.43. The zero-order valence-electron chi connectivity index (χ0n) is 10.8. The largest absolute Gasteiger partial charge is 0.298 e. The highest BCUT2D eigenvalue weighted by Crippen LogP contribution is 2.42. The maximum absolute atomic E-state index is 12.3. The Bertz CT molecular complexity index is 242. The second-order valence-corrected chi connectivity index (χ2v) is 7.68. The maximum Gasteiger partial charge on any atom is 0.150 e. The molecule has 1 rings (SSSR count). The molecule has 0 aromatic carbocycles. The van der Waals surface area contributed by atoms with E-state index in [1.54, 1.807) is 0 Å². The van der Waals surface area contributed by atoms with Crippen molar-refractivity contribution in [2.75, 3.05) is 0 Å². The predicted octanol–water partition coefficient (Wildman–Crippen LogP) is 5.39. The summed E-state index contributed by atoms with van der Waals surface area (Å²) in [6.07, 6.45) is 11.4. The molecular weight excluding hydrogens is 344 g/mol. The highest BCUT2D eigenvalue weighted by atomic mass is 79.9. The first kappa shape index (κ1) is 15.7. The summed E-state index contributed by atoms with van der Waals surface area (Å²) in [5.41, 5.74) is 0. The van der Waals surface area contributed by atoms with Gasteiger partial charge in [0.25, 0.3) is 0 Å². The molecule has 1 saturated carbocycles. The molecule has 1 fully saturated rings. The average molecular weight is 368 g/mol. The first-order valence-electron chi connectivity index (χ1n) is 6.97. The number of unbranched alkanes of at least 4 members (excludes halogenated alkanes) is 4. The summed E-state index contributed by atoms with van der Waals surface area (Å²) in [7, 11) is 0. The standard InChI is InChI=1S/C14H24Br2O/c1-2-3-4-5-6-10-13(17)14(16)11-8-7-9-12(14)15/h12H,2-11H2,1H3. The number of rotatable bonds is 7. The minimum atomic E-state index is -0.268. The first-order chi connectivity index (χ1) is 8.11. The summed E-state index contributed by atoms with van der Waals surface area (Å²) in [5.74, 6) is 0.413. The van der Waals surface area contributed by atoms with Gasteiger partial charge in [-0.1, -0.05) is 77.3 Å². The van der Waals surface area contributed by atoms with Crippen LogP contribution in [0.15, 0.2) is 0 Å². The van der Waals surface area contributed by atoms with Crippen molar-refractivity contribution >= 4 is 37.6 Å². The van der Waals surface area contributed by atoms with Crippen LogP contribution >= 0.6 is 31.9 Å². The van der Waals surface area contributed by atoms with Crippen molar-refractivity contribution in [3.63, 3.8) is 0 Å². The summed E-state index contributed by atoms with van der Waals surface area (Å²) in [5, 5.41) is 0. The van der Waals surface area contributed by atoms with Crippen LogP contribution in [0.3, 0.4) is 0 Å². The molecule has 0 aromatic heterocycles. The van der Waals surface area contributed by atoms with E-state index in [4.69, 9.17) is 0 Å². The minimum Gasteiger partial charge on any atom is -0.298 e.